The van der Waals surface area contributed by atoms with Crippen LogP contribution >= 0.6 is 12.2 Å². The van der Waals surface area contributed by atoms with Gasteiger partial charge in [0.05, 0.1) is 11.3 Å². The van der Waals surface area contributed by atoms with E-state index >= 15 is 0 Å². The van der Waals surface area contributed by atoms with Crippen LogP contribution in [0.4, 0.5) is 13.2 Å². The standard InChI is InChI=1S/C10H8F3N3OS/c11-10(12,13)6-2-1-3-7(4-6)16-8(5-17)14-15-9(16)18/h1-4,17H,5H2,(H,15,18). The lowest BCUT2D eigenvalue weighted by atomic mass is 10.2. The topological polar surface area (TPSA) is 53.8 Å². The Morgan fingerprint density at radius 2 is 2.11 bits per heavy atom. The molecule has 0 saturated heterocycles. The number of alkyl halides is 3. The lowest BCUT2D eigenvalue weighted by Gasteiger charge is -2.10. The molecular weight excluding hydrogens is 267 g/mol. The number of hydrogen-bond acceptors (Lipinski definition) is 3. The molecular formula is C10H8F3N3OS. The Bertz CT molecular complexity index is 617. The van der Waals surface area contributed by atoms with Gasteiger partial charge in [-0.05, 0) is 30.4 Å². The van der Waals surface area contributed by atoms with E-state index in [4.69, 9.17) is 17.3 Å². The van der Waals surface area contributed by atoms with Gasteiger partial charge in [0.15, 0.2) is 10.6 Å². The van der Waals surface area contributed by atoms with E-state index in [-0.39, 0.29) is 16.3 Å². The zero-order chi connectivity index (χ0) is 13.3. The minimum absolute atomic E-state index is 0.123. The molecule has 1 aromatic carbocycles. The molecule has 0 aliphatic carbocycles. The summed E-state index contributed by atoms with van der Waals surface area (Å²) in [6.45, 7) is -0.427. The molecule has 0 aliphatic heterocycles. The maximum atomic E-state index is 12.6. The lowest BCUT2D eigenvalue weighted by molar-refractivity contribution is -0.137. The van der Waals surface area contributed by atoms with Crippen molar-refractivity contribution < 1.29 is 18.3 Å². The monoisotopic (exact) mass is 275 g/mol. The van der Waals surface area contributed by atoms with Crippen LogP contribution in [0.25, 0.3) is 5.69 Å². The number of aliphatic hydroxyl groups is 1. The third-order valence-corrected chi connectivity index (χ3v) is 2.59. The highest BCUT2D eigenvalue weighted by atomic mass is 32.1. The van der Waals surface area contributed by atoms with Crippen LogP contribution in [0, 0.1) is 4.77 Å². The van der Waals surface area contributed by atoms with E-state index in [1.165, 1.54) is 16.7 Å². The predicted octanol–water partition coefficient (Wildman–Crippen LogP) is 2.44. The highest BCUT2D eigenvalue weighted by Crippen LogP contribution is 2.30. The predicted molar refractivity (Wildman–Crippen MR) is 59.7 cm³/mol. The number of nitrogens with zero attached hydrogens (tertiary/aromatic N) is 2. The van der Waals surface area contributed by atoms with Crippen molar-refractivity contribution in [3.63, 3.8) is 0 Å². The van der Waals surface area contributed by atoms with Crippen molar-refractivity contribution >= 4 is 12.2 Å². The van der Waals surface area contributed by atoms with Gasteiger partial charge in [0.1, 0.15) is 6.61 Å². The van der Waals surface area contributed by atoms with Crippen LogP contribution in [-0.4, -0.2) is 19.9 Å². The van der Waals surface area contributed by atoms with Gasteiger partial charge >= 0.3 is 6.18 Å². The average Bonchev–Trinajstić information content (AvgIpc) is 2.69. The minimum Gasteiger partial charge on any atom is -0.388 e. The number of H-pyrrole nitrogens is 1. The third kappa shape index (κ3) is 2.29. The van der Waals surface area contributed by atoms with Crippen LogP contribution in [0.2, 0.25) is 0 Å². The molecule has 0 spiro atoms. The first kappa shape index (κ1) is 12.8. The summed E-state index contributed by atoms with van der Waals surface area (Å²) in [5.41, 5.74) is -0.584. The first-order valence-corrected chi connectivity index (χ1v) is 5.29. The second kappa shape index (κ2) is 4.54. The van der Waals surface area contributed by atoms with Crippen molar-refractivity contribution in [3.8, 4) is 5.69 Å². The maximum Gasteiger partial charge on any atom is 0.416 e. The second-order valence-corrected chi connectivity index (χ2v) is 3.87. The van der Waals surface area contributed by atoms with Gasteiger partial charge in [-0.2, -0.15) is 18.3 Å². The molecule has 96 valence electrons. The van der Waals surface area contributed by atoms with Crippen LogP contribution in [0.15, 0.2) is 24.3 Å². The highest BCUT2D eigenvalue weighted by molar-refractivity contribution is 7.71. The molecule has 1 aromatic heterocycles. The maximum absolute atomic E-state index is 12.6. The molecule has 0 atom stereocenters. The van der Waals surface area contributed by atoms with Crippen molar-refractivity contribution in [2.45, 2.75) is 12.8 Å². The normalized spacial score (nSPS) is 11.8. The molecule has 0 radical (unpaired) electrons. The summed E-state index contributed by atoms with van der Waals surface area (Å²) in [5, 5.41) is 15.2. The number of benzene rings is 1. The summed E-state index contributed by atoms with van der Waals surface area (Å²) in [5.74, 6) is 0.152. The smallest absolute Gasteiger partial charge is 0.388 e. The second-order valence-electron chi connectivity index (χ2n) is 3.49. The number of hydrogen-bond donors (Lipinski definition) is 2. The van der Waals surface area contributed by atoms with Gasteiger partial charge < -0.3 is 5.11 Å². The molecule has 0 fully saturated rings. The van der Waals surface area contributed by atoms with E-state index in [2.05, 4.69) is 10.2 Å². The Morgan fingerprint density at radius 1 is 1.39 bits per heavy atom. The van der Waals surface area contributed by atoms with E-state index in [0.29, 0.717) is 0 Å². The Kier molecular flexibility index (Phi) is 3.22. The zero-order valence-corrected chi connectivity index (χ0v) is 9.72. The fourth-order valence-corrected chi connectivity index (χ4v) is 1.78. The summed E-state index contributed by atoms with van der Waals surface area (Å²) >= 11 is 4.91. The molecule has 18 heavy (non-hydrogen) atoms. The first-order chi connectivity index (χ1) is 8.43. The Hall–Kier alpha value is -1.67. The summed E-state index contributed by atoms with van der Waals surface area (Å²) < 4.78 is 39.1. The number of halogens is 3. The van der Waals surface area contributed by atoms with Gasteiger partial charge in [-0.15, -0.1) is 0 Å². The molecule has 0 bridgehead atoms. The molecule has 2 rings (SSSR count). The molecule has 0 unspecified atom stereocenters. The van der Waals surface area contributed by atoms with Crippen LogP contribution < -0.4 is 0 Å². The van der Waals surface area contributed by atoms with Crippen LogP contribution in [0.3, 0.4) is 0 Å². The number of rotatable bonds is 2. The van der Waals surface area contributed by atoms with E-state index in [0.717, 1.165) is 12.1 Å². The summed E-state index contributed by atoms with van der Waals surface area (Å²) in [6.07, 6.45) is -4.43. The molecule has 0 aliphatic rings. The molecule has 1 heterocycles. The van der Waals surface area contributed by atoms with Gasteiger partial charge in [0, 0.05) is 0 Å². The highest BCUT2D eigenvalue weighted by Gasteiger charge is 2.30. The van der Waals surface area contributed by atoms with Crippen molar-refractivity contribution in [2.24, 2.45) is 0 Å². The van der Waals surface area contributed by atoms with Crippen molar-refractivity contribution in [3.05, 3.63) is 40.4 Å². The van der Waals surface area contributed by atoms with Gasteiger partial charge in [-0.3, -0.25) is 9.67 Å². The molecule has 0 amide bonds. The molecule has 2 aromatic rings. The van der Waals surface area contributed by atoms with E-state index in [1.54, 1.807) is 0 Å². The van der Waals surface area contributed by atoms with Crippen LogP contribution in [0.1, 0.15) is 11.4 Å². The summed E-state index contributed by atoms with van der Waals surface area (Å²) in [6, 6.07) is 4.64. The molecule has 4 nitrogen and oxygen atoms in total. The van der Waals surface area contributed by atoms with Crippen molar-refractivity contribution in [1.82, 2.24) is 14.8 Å². The molecule has 8 heteroatoms. The number of aromatic amines is 1. The van der Waals surface area contributed by atoms with Crippen molar-refractivity contribution in [1.29, 1.82) is 0 Å². The zero-order valence-electron chi connectivity index (χ0n) is 8.90. The quantitative estimate of drug-likeness (QED) is 0.828. The van der Waals surface area contributed by atoms with Crippen LogP contribution in [-0.2, 0) is 12.8 Å². The summed E-state index contributed by atoms with van der Waals surface area (Å²) in [7, 11) is 0. The largest absolute Gasteiger partial charge is 0.416 e. The molecule has 2 N–H and O–H groups in total. The third-order valence-electron chi connectivity index (χ3n) is 2.31. The number of aliphatic hydroxyl groups excluding tert-OH is 1. The Labute approximate surface area is 105 Å². The minimum atomic E-state index is -4.43. The van der Waals surface area contributed by atoms with Gasteiger partial charge in [-0.25, -0.2) is 0 Å². The van der Waals surface area contributed by atoms with Crippen molar-refractivity contribution in [2.75, 3.05) is 0 Å². The van der Waals surface area contributed by atoms with Gasteiger partial charge in [-0.1, -0.05) is 6.07 Å². The number of nitrogens with one attached hydrogen (secondary N) is 1. The van der Waals surface area contributed by atoms with E-state index in [9.17, 15) is 13.2 Å². The lowest BCUT2D eigenvalue weighted by Crippen LogP contribution is -2.07. The molecule has 0 saturated carbocycles. The Morgan fingerprint density at radius 3 is 2.72 bits per heavy atom. The van der Waals surface area contributed by atoms with Gasteiger partial charge in [0.25, 0.3) is 0 Å². The van der Waals surface area contributed by atoms with E-state index < -0.39 is 18.3 Å². The van der Waals surface area contributed by atoms with Gasteiger partial charge in [0.2, 0.25) is 0 Å². The average molecular weight is 275 g/mol. The number of aromatic nitrogens is 3. The fraction of sp³-hybridized carbons (Fsp3) is 0.200. The first-order valence-electron chi connectivity index (χ1n) is 4.88. The SMILES string of the molecule is OCc1n[nH]c(=S)n1-c1cccc(C(F)(F)F)c1. The Balaban J connectivity index is 2.58. The summed E-state index contributed by atoms with van der Waals surface area (Å²) in [4.78, 5) is 0. The fourth-order valence-electron chi connectivity index (χ4n) is 1.52. The van der Waals surface area contributed by atoms with Crippen LogP contribution in [0.5, 0.6) is 0 Å². The van der Waals surface area contributed by atoms with E-state index in [1.807, 2.05) is 0 Å².